The second-order valence-corrected chi connectivity index (χ2v) is 10.3. The van der Waals surface area contributed by atoms with Gasteiger partial charge in [-0.15, -0.1) is 0 Å². The van der Waals surface area contributed by atoms with Crippen LogP contribution in [0.2, 0.25) is 5.02 Å². The lowest BCUT2D eigenvalue weighted by Gasteiger charge is -2.27. The van der Waals surface area contributed by atoms with Crippen molar-refractivity contribution in [2.24, 2.45) is 0 Å². The van der Waals surface area contributed by atoms with Crippen molar-refractivity contribution in [2.75, 3.05) is 36.1 Å². The van der Waals surface area contributed by atoms with Crippen LogP contribution in [0, 0.1) is 0 Å². The fourth-order valence-corrected chi connectivity index (χ4v) is 5.59. The van der Waals surface area contributed by atoms with Gasteiger partial charge in [-0.3, -0.25) is 9.78 Å². The topological polar surface area (TPSA) is 82.6 Å². The van der Waals surface area contributed by atoms with Crippen molar-refractivity contribution < 1.29 is 13.2 Å². The lowest BCUT2D eigenvalue weighted by molar-refractivity contribution is 0.102. The van der Waals surface area contributed by atoms with Crippen LogP contribution < -0.4 is 10.2 Å². The molecule has 2 heterocycles. The van der Waals surface area contributed by atoms with Crippen molar-refractivity contribution >= 4 is 38.9 Å². The number of pyridine rings is 1. The Morgan fingerprint density at radius 1 is 1.29 bits per heavy atom. The highest BCUT2D eigenvalue weighted by Gasteiger charge is 2.33. The van der Waals surface area contributed by atoms with Gasteiger partial charge in [0.25, 0.3) is 5.91 Å². The molecule has 0 bridgehead atoms. The highest BCUT2D eigenvalue weighted by atomic mass is 35.5. The normalized spacial score (nSPS) is 17.0. The van der Waals surface area contributed by atoms with Gasteiger partial charge in [-0.25, -0.2) is 8.42 Å². The lowest BCUT2D eigenvalue weighted by atomic mass is 10.0. The summed E-state index contributed by atoms with van der Waals surface area (Å²) in [6.07, 6.45) is 5.38. The van der Waals surface area contributed by atoms with E-state index in [0.29, 0.717) is 42.2 Å². The van der Waals surface area contributed by atoms with Gasteiger partial charge in [0, 0.05) is 36.8 Å². The van der Waals surface area contributed by atoms with E-state index in [0.717, 1.165) is 17.7 Å². The van der Waals surface area contributed by atoms with Crippen LogP contribution in [-0.2, 0) is 16.4 Å². The van der Waals surface area contributed by atoms with Gasteiger partial charge in [-0.1, -0.05) is 25.4 Å². The van der Waals surface area contributed by atoms with Gasteiger partial charge in [-0.2, -0.15) is 4.31 Å². The number of anilines is 2. The Labute approximate surface area is 189 Å². The maximum Gasteiger partial charge on any atom is 0.255 e. The van der Waals surface area contributed by atoms with Crippen LogP contribution in [0.1, 0.15) is 42.6 Å². The van der Waals surface area contributed by atoms with Crippen LogP contribution in [0.25, 0.3) is 0 Å². The minimum absolute atomic E-state index is 0.0577. The minimum atomic E-state index is -3.20. The summed E-state index contributed by atoms with van der Waals surface area (Å²) >= 11 is 6.05. The maximum absolute atomic E-state index is 12.8. The number of aryl methyl sites for hydroxylation is 1. The third-order valence-corrected chi connectivity index (χ3v) is 7.89. The number of aromatic nitrogens is 1. The van der Waals surface area contributed by atoms with Crippen molar-refractivity contribution in [1.82, 2.24) is 9.29 Å². The Bertz CT molecular complexity index is 1040. The lowest BCUT2D eigenvalue weighted by Crippen LogP contribution is -2.37. The van der Waals surface area contributed by atoms with Crippen LogP contribution in [0.5, 0.6) is 0 Å². The molecular formula is C22H29ClN4O3S. The fourth-order valence-electron chi connectivity index (χ4n) is 3.84. The summed E-state index contributed by atoms with van der Waals surface area (Å²) in [5, 5.41) is 3.51. The van der Waals surface area contributed by atoms with Gasteiger partial charge < -0.3 is 10.2 Å². The van der Waals surface area contributed by atoms with Crippen LogP contribution in [0.3, 0.4) is 0 Å². The molecule has 1 saturated heterocycles. The molecule has 0 saturated carbocycles. The first-order chi connectivity index (χ1) is 14.7. The van der Waals surface area contributed by atoms with Gasteiger partial charge in [0.05, 0.1) is 29.5 Å². The van der Waals surface area contributed by atoms with E-state index >= 15 is 0 Å². The van der Waals surface area contributed by atoms with Crippen molar-refractivity contribution in [3.63, 3.8) is 0 Å². The van der Waals surface area contributed by atoms with Crippen LogP contribution in [-0.4, -0.2) is 55.5 Å². The molecule has 0 radical (unpaired) electrons. The molecule has 1 N–H and O–H groups in total. The minimum Gasteiger partial charge on any atom is -0.369 e. The third kappa shape index (κ3) is 5.56. The second kappa shape index (κ2) is 9.97. The Kier molecular flexibility index (Phi) is 7.56. The zero-order valence-electron chi connectivity index (χ0n) is 18.1. The van der Waals surface area contributed by atoms with E-state index in [-0.39, 0.29) is 17.7 Å². The predicted molar refractivity (Wildman–Crippen MR) is 125 cm³/mol. The summed E-state index contributed by atoms with van der Waals surface area (Å²) < 4.78 is 26.3. The van der Waals surface area contributed by atoms with Gasteiger partial charge in [0.15, 0.2) is 0 Å². The van der Waals surface area contributed by atoms with Gasteiger partial charge >= 0.3 is 0 Å². The first-order valence-electron chi connectivity index (χ1n) is 10.5. The Morgan fingerprint density at radius 3 is 2.77 bits per heavy atom. The number of hydrogen-bond acceptors (Lipinski definition) is 5. The van der Waals surface area contributed by atoms with Crippen molar-refractivity contribution in [1.29, 1.82) is 0 Å². The number of carbonyl (C=O) groups is 1. The predicted octanol–water partition coefficient (Wildman–Crippen LogP) is 3.80. The zero-order valence-corrected chi connectivity index (χ0v) is 19.7. The first-order valence-corrected chi connectivity index (χ1v) is 12.5. The molecule has 31 heavy (non-hydrogen) atoms. The average Bonchev–Trinajstić information content (AvgIpc) is 3.24. The van der Waals surface area contributed by atoms with E-state index in [2.05, 4.69) is 10.3 Å². The molecule has 1 atom stereocenters. The molecule has 7 nitrogen and oxygen atoms in total. The molecule has 2 aromatic rings. The Morgan fingerprint density at radius 2 is 2.06 bits per heavy atom. The summed E-state index contributed by atoms with van der Waals surface area (Å²) in [7, 11) is -1.27. The number of halogens is 1. The number of likely N-dealkylation sites (N-methyl/N-ethyl adjacent to an activating group) is 1. The van der Waals surface area contributed by atoms with Gasteiger partial charge in [0.1, 0.15) is 0 Å². The van der Waals surface area contributed by atoms with E-state index in [4.69, 9.17) is 11.6 Å². The van der Waals surface area contributed by atoms with E-state index in [1.54, 1.807) is 34.9 Å². The molecule has 3 rings (SSSR count). The molecule has 1 aliphatic rings. The van der Waals surface area contributed by atoms with E-state index in [1.165, 1.54) is 0 Å². The molecule has 1 aliphatic heterocycles. The SMILES string of the molecule is CCCS(=O)(=O)N1CCC(N(C)c2cncc(NC(=O)c3ccc(Cl)cc3CC)c2)C1. The van der Waals surface area contributed by atoms with Gasteiger partial charge in [-0.05, 0) is 49.1 Å². The smallest absolute Gasteiger partial charge is 0.255 e. The van der Waals surface area contributed by atoms with Crippen LogP contribution in [0.15, 0.2) is 36.7 Å². The van der Waals surface area contributed by atoms with E-state index in [9.17, 15) is 13.2 Å². The highest BCUT2D eigenvalue weighted by Crippen LogP contribution is 2.25. The number of carbonyl (C=O) groups excluding carboxylic acids is 1. The van der Waals surface area contributed by atoms with Gasteiger partial charge in [0.2, 0.25) is 10.0 Å². The summed E-state index contributed by atoms with van der Waals surface area (Å²) in [6, 6.07) is 7.15. The van der Waals surface area contributed by atoms with Crippen molar-refractivity contribution in [2.45, 2.75) is 39.2 Å². The quantitative estimate of drug-likeness (QED) is 0.642. The summed E-state index contributed by atoms with van der Waals surface area (Å²) in [4.78, 5) is 19.1. The van der Waals surface area contributed by atoms with E-state index in [1.807, 2.05) is 31.9 Å². The maximum atomic E-state index is 12.8. The first kappa shape index (κ1) is 23.5. The Balaban J connectivity index is 1.71. The molecule has 1 fully saturated rings. The van der Waals surface area contributed by atoms with Crippen LogP contribution in [0.4, 0.5) is 11.4 Å². The Hall–Kier alpha value is -2.16. The molecule has 1 unspecified atom stereocenters. The molecule has 1 aromatic heterocycles. The highest BCUT2D eigenvalue weighted by molar-refractivity contribution is 7.89. The number of sulfonamides is 1. The molecule has 1 amide bonds. The average molecular weight is 465 g/mol. The van der Waals surface area contributed by atoms with Crippen molar-refractivity contribution in [3.05, 3.63) is 52.8 Å². The molecule has 9 heteroatoms. The molecule has 0 spiro atoms. The third-order valence-electron chi connectivity index (χ3n) is 5.61. The molecular weight excluding hydrogens is 436 g/mol. The summed E-state index contributed by atoms with van der Waals surface area (Å²) in [5.41, 5.74) is 2.87. The number of benzene rings is 1. The number of rotatable bonds is 8. The molecule has 0 aliphatic carbocycles. The molecule has 168 valence electrons. The fraction of sp³-hybridized carbons (Fsp3) is 0.455. The summed E-state index contributed by atoms with van der Waals surface area (Å²) in [6.45, 7) is 4.83. The number of nitrogens with one attached hydrogen (secondary N) is 1. The number of nitrogens with zero attached hydrogens (tertiary/aromatic N) is 3. The van der Waals surface area contributed by atoms with E-state index < -0.39 is 10.0 Å². The number of hydrogen-bond donors (Lipinski definition) is 1. The number of amides is 1. The zero-order chi connectivity index (χ0) is 22.6. The monoisotopic (exact) mass is 464 g/mol. The van der Waals surface area contributed by atoms with Crippen molar-refractivity contribution in [3.8, 4) is 0 Å². The standard InChI is InChI=1S/C22H29ClN4O3S/c1-4-10-31(29,30)27-9-8-19(15-27)26(3)20-12-18(13-24-14-20)25-22(28)21-7-6-17(23)11-16(21)5-2/h6-7,11-14,19H,4-5,8-10,15H2,1-3H3,(H,25,28). The molecule has 1 aromatic carbocycles. The van der Waals surface area contributed by atoms with Crippen LogP contribution >= 0.6 is 11.6 Å². The second-order valence-electron chi connectivity index (χ2n) is 7.77. The largest absolute Gasteiger partial charge is 0.369 e. The summed E-state index contributed by atoms with van der Waals surface area (Å²) in [5.74, 6) is -0.0374.